The zero-order valence-corrected chi connectivity index (χ0v) is 17.9. The highest BCUT2D eigenvalue weighted by Crippen LogP contribution is 2.52. The van der Waals surface area contributed by atoms with Crippen LogP contribution < -0.4 is 0 Å². The Kier molecular flexibility index (Phi) is 4.44. The van der Waals surface area contributed by atoms with Crippen molar-refractivity contribution >= 4 is 11.8 Å². The minimum absolute atomic E-state index is 0.00355. The molecule has 1 atom stereocenters. The fraction of sp³-hybridized carbons (Fsp3) is 0.560. The minimum atomic E-state index is -0.0341. The van der Waals surface area contributed by atoms with Crippen LogP contribution in [0.25, 0.3) is 0 Å². The molecular weight excluding hydrogens is 390 g/mol. The minimum Gasteiger partial charge on any atom is -0.360 e. The van der Waals surface area contributed by atoms with Crippen molar-refractivity contribution in [1.29, 1.82) is 0 Å². The Labute approximate surface area is 182 Å². The van der Waals surface area contributed by atoms with Crippen LogP contribution in [0.5, 0.6) is 0 Å². The van der Waals surface area contributed by atoms with Gasteiger partial charge in [0, 0.05) is 43.6 Å². The Bertz CT molecular complexity index is 1010. The molecule has 3 fully saturated rings. The molecule has 6 nitrogen and oxygen atoms in total. The van der Waals surface area contributed by atoms with E-state index in [1.165, 1.54) is 11.1 Å². The van der Waals surface area contributed by atoms with Gasteiger partial charge in [-0.15, -0.1) is 0 Å². The maximum atomic E-state index is 13.3. The van der Waals surface area contributed by atoms with Crippen LogP contribution >= 0.6 is 0 Å². The molecule has 6 rings (SSSR count). The van der Waals surface area contributed by atoms with Crippen LogP contribution in [-0.4, -0.2) is 52.9 Å². The molecule has 3 heterocycles. The predicted molar refractivity (Wildman–Crippen MR) is 115 cm³/mol. The number of nitrogens with zero attached hydrogens (tertiary/aromatic N) is 3. The highest BCUT2D eigenvalue weighted by atomic mass is 16.5. The normalized spacial score (nSPS) is 24.6. The van der Waals surface area contributed by atoms with Crippen molar-refractivity contribution in [1.82, 2.24) is 15.0 Å². The number of carbonyl (C=O) groups is 2. The van der Waals surface area contributed by atoms with Crippen molar-refractivity contribution < 1.29 is 14.1 Å². The monoisotopic (exact) mass is 419 g/mol. The average molecular weight is 420 g/mol. The molecule has 1 spiro atoms. The summed E-state index contributed by atoms with van der Waals surface area (Å²) >= 11 is 0. The van der Waals surface area contributed by atoms with Crippen molar-refractivity contribution in [2.24, 2.45) is 0 Å². The molecule has 1 unspecified atom stereocenters. The second-order valence-electron chi connectivity index (χ2n) is 9.84. The highest BCUT2D eigenvalue weighted by molar-refractivity contribution is 5.92. The summed E-state index contributed by atoms with van der Waals surface area (Å²) in [4.78, 5) is 30.3. The molecule has 4 aliphatic rings. The summed E-state index contributed by atoms with van der Waals surface area (Å²) in [5, 5.41) is 4.04. The number of piperidine rings is 1. The molecule has 2 aromatic rings. The summed E-state index contributed by atoms with van der Waals surface area (Å²) in [6.45, 7) is 3.19. The topological polar surface area (TPSA) is 66.7 Å². The van der Waals surface area contributed by atoms with E-state index in [0.29, 0.717) is 30.6 Å². The summed E-state index contributed by atoms with van der Waals surface area (Å²) in [7, 11) is 0. The van der Waals surface area contributed by atoms with Crippen LogP contribution in [0.3, 0.4) is 0 Å². The maximum absolute atomic E-state index is 13.3. The first-order valence-electron chi connectivity index (χ1n) is 11.8. The van der Waals surface area contributed by atoms with E-state index in [4.69, 9.17) is 4.52 Å². The third-order valence-corrected chi connectivity index (χ3v) is 7.95. The lowest BCUT2D eigenvalue weighted by Crippen LogP contribution is -2.45. The van der Waals surface area contributed by atoms with Gasteiger partial charge >= 0.3 is 0 Å². The number of likely N-dealkylation sites (tertiary alicyclic amines) is 2. The largest absolute Gasteiger partial charge is 0.360 e. The lowest BCUT2D eigenvalue weighted by Gasteiger charge is -2.40. The number of carbonyl (C=O) groups excluding carboxylic acids is 2. The van der Waals surface area contributed by atoms with E-state index >= 15 is 0 Å². The molecule has 0 radical (unpaired) electrons. The number of benzene rings is 1. The van der Waals surface area contributed by atoms with Crippen molar-refractivity contribution in [2.45, 2.75) is 62.2 Å². The van der Waals surface area contributed by atoms with Crippen LogP contribution in [-0.2, 0) is 10.2 Å². The van der Waals surface area contributed by atoms with Crippen LogP contribution in [0.2, 0.25) is 0 Å². The summed E-state index contributed by atoms with van der Waals surface area (Å²) in [5.41, 5.74) is 2.98. The van der Waals surface area contributed by atoms with Gasteiger partial charge in [0.05, 0.1) is 5.92 Å². The van der Waals surface area contributed by atoms with Crippen molar-refractivity contribution in [3.05, 3.63) is 52.9 Å². The molecule has 2 aliphatic heterocycles. The van der Waals surface area contributed by atoms with Gasteiger partial charge in [0.25, 0.3) is 5.91 Å². The Balaban J connectivity index is 1.19. The number of fused-ring (bicyclic) bond motifs is 2. The molecule has 0 bridgehead atoms. The molecular formula is C25H29N3O3. The third-order valence-electron chi connectivity index (χ3n) is 7.95. The summed E-state index contributed by atoms with van der Waals surface area (Å²) < 4.78 is 5.39. The molecule has 2 aliphatic carbocycles. The van der Waals surface area contributed by atoms with Gasteiger partial charge in [-0.25, -0.2) is 0 Å². The quantitative estimate of drug-likeness (QED) is 0.758. The highest BCUT2D eigenvalue weighted by Gasteiger charge is 2.49. The SMILES string of the molecule is O=C(c1cc(C2CC2)on1)N1CCC2(CC1)CC(C(=O)N1CCCC1)c1ccccc12. The van der Waals surface area contributed by atoms with Gasteiger partial charge in [-0.05, 0) is 56.1 Å². The first-order valence-corrected chi connectivity index (χ1v) is 11.8. The second-order valence-corrected chi connectivity index (χ2v) is 9.84. The molecule has 1 aromatic heterocycles. The zero-order valence-electron chi connectivity index (χ0n) is 17.9. The van der Waals surface area contributed by atoms with E-state index in [0.717, 1.165) is 63.8 Å². The van der Waals surface area contributed by atoms with Gasteiger partial charge in [-0.1, -0.05) is 29.4 Å². The lowest BCUT2D eigenvalue weighted by atomic mass is 9.73. The number of hydrogen-bond acceptors (Lipinski definition) is 4. The van der Waals surface area contributed by atoms with Gasteiger partial charge in [-0.3, -0.25) is 9.59 Å². The van der Waals surface area contributed by atoms with E-state index in [2.05, 4.69) is 34.3 Å². The molecule has 1 aromatic carbocycles. The fourth-order valence-electron chi connectivity index (χ4n) is 6.00. The smallest absolute Gasteiger partial charge is 0.276 e. The van der Waals surface area contributed by atoms with E-state index in [1.54, 1.807) is 0 Å². The average Bonchev–Trinajstić information content (AvgIpc) is 3.20. The van der Waals surface area contributed by atoms with E-state index in [9.17, 15) is 9.59 Å². The zero-order chi connectivity index (χ0) is 21.0. The standard InChI is InChI=1S/C25H29N3O3/c29-23(27-11-3-4-12-27)19-16-25(20-6-2-1-5-18(19)20)9-13-28(14-10-25)24(30)21-15-22(31-26-21)17-7-8-17/h1-2,5-6,15,17,19H,3-4,7-14,16H2. The predicted octanol–water partition coefficient (Wildman–Crippen LogP) is 3.84. The first kappa shape index (κ1) is 19.1. The summed E-state index contributed by atoms with van der Waals surface area (Å²) in [5.74, 6) is 1.55. The summed E-state index contributed by atoms with van der Waals surface area (Å²) in [6.07, 6.45) is 7.16. The van der Waals surface area contributed by atoms with Crippen molar-refractivity contribution in [2.75, 3.05) is 26.2 Å². The van der Waals surface area contributed by atoms with E-state index in [1.807, 2.05) is 11.0 Å². The van der Waals surface area contributed by atoms with E-state index < -0.39 is 0 Å². The van der Waals surface area contributed by atoms with Crippen molar-refractivity contribution in [3.8, 4) is 0 Å². The first-order chi connectivity index (χ1) is 15.1. The van der Waals surface area contributed by atoms with Crippen molar-refractivity contribution in [3.63, 3.8) is 0 Å². The van der Waals surface area contributed by atoms with Crippen LogP contribution in [0.4, 0.5) is 0 Å². The second kappa shape index (κ2) is 7.21. The van der Waals surface area contributed by atoms with Gasteiger partial charge < -0.3 is 14.3 Å². The number of aromatic nitrogens is 1. The van der Waals surface area contributed by atoms with Crippen LogP contribution in [0, 0.1) is 0 Å². The number of hydrogen-bond donors (Lipinski definition) is 0. The van der Waals surface area contributed by atoms with Gasteiger partial charge in [-0.2, -0.15) is 0 Å². The molecule has 6 heteroatoms. The molecule has 0 N–H and O–H groups in total. The van der Waals surface area contributed by atoms with Gasteiger partial charge in [0.15, 0.2) is 5.69 Å². The van der Waals surface area contributed by atoms with Crippen LogP contribution in [0.1, 0.15) is 84.2 Å². The molecule has 2 amide bonds. The lowest BCUT2D eigenvalue weighted by molar-refractivity contribution is -0.132. The molecule has 2 saturated heterocycles. The van der Waals surface area contributed by atoms with E-state index in [-0.39, 0.29) is 17.2 Å². The Morgan fingerprint density at radius 2 is 1.74 bits per heavy atom. The summed E-state index contributed by atoms with van der Waals surface area (Å²) in [6, 6.07) is 10.3. The van der Waals surface area contributed by atoms with Crippen LogP contribution in [0.15, 0.2) is 34.9 Å². The number of amides is 2. The molecule has 31 heavy (non-hydrogen) atoms. The Morgan fingerprint density at radius 1 is 1.00 bits per heavy atom. The number of rotatable bonds is 3. The Hall–Kier alpha value is -2.63. The fourth-order valence-corrected chi connectivity index (χ4v) is 6.00. The van der Waals surface area contributed by atoms with Gasteiger partial charge in [0.2, 0.25) is 5.91 Å². The molecule has 162 valence electrons. The third kappa shape index (κ3) is 3.19. The van der Waals surface area contributed by atoms with Gasteiger partial charge in [0.1, 0.15) is 5.76 Å². The molecule has 1 saturated carbocycles. The maximum Gasteiger partial charge on any atom is 0.276 e. The Morgan fingerprint density at radius 3 is 2.48 bits per heavy atom.